The molecule has 0 aromatic rings. The van der Waals surface area contributed by atoms with Crippen LogP contribution in [0, 0.1) is 5.92 Å². The Balaban J connectivity index is 3.93. The molecule has 14 heavy (non-hydrogen) atoms. The maximum Gasteiger partial charge on any atom is 0.307 e. The van der Waals surface area contributed by atoms with Crippen molar-refractivity contribution >= 4 is 17.7 Å². The molecular weight excluding hydrogens is 196 g/mol. The fraction of sp³-hybridized carbons (Fsp3) is 0.727. The molecule has 3 heteroatoms. The highest BCUT2D eigenvalue weighted by molar-refractivity contribution is 8.00. The molecule has 0 aliphatic carbocycles. The number of unbranched alkanes of at least 4 members (excludes halogenated alkanes) is 1. The van der Waals surface area contributed by atoms with E-state index in [4.69, 9.17) is 5.11 Å². The minimum atomic E-state index is -0.716. The van der Waals surface area contributed by atoms with Crippen molar-refractivity contribution in [2.75, 3.05) is 5.75 Å². The second kappa shape index (κ2) is 6.12. The first kappa shape index (κ1) is 13.6. The Kier molecular flexibility index (Phi) is 5.93. The van der Waals surface area contributed by atoms with Crippen LogP contribution in [0.5, 0.6) is 0 Å². The topological polar surface area (TPSA) is 37.3 Å². The lowest BCUT2D eigenvalue weighted by molar-refractivity contribution is -0.141. The molecule has 1 N–H and O–H groups in total. The minimum Gasteiger partial charge on any atom is -0.481 e. The third-order valence-electron chi connectivity index (χ3n) is 2.44. The van der Waals surface area contributed by atoms with Crippen molar-refractivity contribution in [2.24, 2.45) is 5.92 Å². The smallest absolute Gasteiger partial charge is 0.307 e. The SMILES string of the molecule is C=CCCCSC(C)(C)[C@H](C)C(=O)O. The zero-order chi connectivity index (χ0) is 11.2. The summed E-state index contributed by atoms with van der Waals surface area (Å²) >= 11 is 1.73. The average Bonchev–Trinajstić information content (AvgIpc) is 2.11. The van der Waals surface area contributed by atoms with Gasteiger partial charge in [0.25, 0.3) is 0 Å². The first-order valence-electron chi connectivity index (χ1n) is 4.89. The number of carboxylic acid groups (broad SMARTS) is 1. The number of hydrogen-bond donors (Lipinski definition) is 1. The Hall–Kier alpha value is -0.440. The van der Waals surface area contributed by atoms with Crippen LogP contribution in [0.4, 0.5) is 0 Å². The van der Waals surface area contributed by atoms with Crippen molar-refractivity contribution < 1.29 is 9.90 Å². The Morgan fingerprint density at radius 1 is 1.64 bits per heavy atom. The van der Waals surface area contributed by atoms with Crippen LogP contribution >= 0.6 is 11.8 Å². The summed E-state index contributed by atoms with van der Waals surface area (Å²) in [5.41, 5.74) is 0. The van der Waals surface area contributed by atoms with Gasteiger partial charge in [0, 0.05) is 4.75 Å². The van der Waals surface area contributed by atoms with Crippen molar-refractivity contribution in [1.29, 1.82) is 0 Å². The van der Waals surface area contributed by atoms with Crippen molar-refractivity contribution in [2.45, 2.75) is 38.4 Å². The molecular formula is C11H20O2S. The van der Waals surface area contributed by atoms with Crippen LogP contribution in [0.15, 0.2) is 12.7 Å². The molecule has 0 unspecified atom stereocenters. The molecule has 0 aromatic carbocycles. The van der Waals surface area contributed by atoms with E-state index in [1.54, 1.807) is 18.7 Å². The van der Waals surface area contributed by atoms with Crippen molar-refractivity contribution in [3.63, 3.8) is 0 Å². The largest absolute Gasteiger partial charge is 0.481 e. The first-order valence-corrected chi connectivity index (χ1v) is 5.88. The van der Waals surface area contributed by atoms with E-state index >= 15 is 0 Å². The molecule has 82 valence electrons. The fourth-order valence-electron chi connectivity index (χ4n) is 0.985. The van der Waals surface area contributed by atoms with Gasteiger partial charge in [0.1, 0.15) is 0 Å². The van der Waals surface area contributed by atoms with E-state index in [2.05, 4.69) is 6.58 Å². The van der Waals surface area contributed by atoms with E-state index in [9.17, 15) is 4.79 Å². The highest BCUT2D eigenvalue weighted by atomic mass is 32.2. The maximum atomic E-state index is 10.8. The van der Waals surface area contributed by atoms with Gasteiger partial charge in [-0.2, -0.15) is 11.8 Å². The summed E-state index contributed by atoms with van der Waals surface area (Å²) in [6.45, 7) is 9.40. The third-order valence-corrected chi connectivity index (χ3v) is 4.03. The molecule has 0 aromatic heterocycles. The summed E-state index contributed by atoms with van der Waals surface area (Å²) in [6, 6.07) is 0. The predicted molar refractivity (Wildman–Crippen MR) is 62.8 cm³/mol. The molecule has 0 aliphatic rings. The van der Waals surface area contributed by atoms with Crippen molar-refractivity contribution in [3.8, 4) is 0 Å². The van der Waals surface area contributed by atoms with E-state index in [-0.39, 0.29) is 10.7 Å². The molecule has 0 amide bonds. The normalized spacial score (nSPS) is 13.6. The lowest BCUT2D eigenvalue weighted by Crippen LogP contribution is -2.31. The van der Waals surface area contributed by atoms with Crippen molar-refractivity contribution in [3.05, 3.63) is 12.7 Å². The number of hydrogen-bond acceptors (Lipinski definition) is 2. The Labute approximate surface area is 90.8 Å². The van der Waals surface area contributed by atoms with Gasteiger partial charge in [0.15, 0.2) is 0 Å². The zero-order valence-electron chi connectivity index (χ0n) is 9.25. The second-order valence-electron chi connectivity index (χ2n) is 3.94. The summed E-state index contributed by atoms with van der Waals surface area (Å²) in [7, 11) is 0. The van der Waals surface area contributed by atoms with Gasteiger partial charge >= 0.3 is 5.97 Å². The van der Waals surface area contributed by atoms with Crippen LogP contribution in [0.25, 0.3) is 0 Å². The zero-order valence-corrected chi connectivity index (χ0v) is 10.1. The lowest BCUT2D eigenvalue weighted by Gasteiger charge is -2.28. The molecule has 0 spiro atoms. The summed E-state index contributed by atoms with van der Waals surface area (Å²) in [4.78, 5) is 10.8. The average molecular weight is 216 g/mol. The lowest BCUT2D eigenvalue weighted by atomic mass is 9.97. The van der Waals surface area contributed by atoms with Gasteiger partial charge in [-0.05, 0) is 32.4 Å². The summed E-state index contributed by atoms with van der Waals surface area (Å²) < 4.78 is -0.187. The monoisotopic (exact) mass is 216 g/mol. The van der Waals surface area contributed by atoms with Crippen LogP contribution in [0.1, 0.15) is 33.6 Å². The molecule has 0 bridgehead atoms. The van der Waals surface area contributed by atoms with Gasteiger partial charge in [0.05, 0.1) is 5.92 Å². The van der Waals surface area contributed by atoms with Gasteiger partial charge in [-0.25, -0.2) is 0 Å². The van der Waals surface area contributed by atoms with E-state index < -0.39 is 5.97 Å². The standard InChI is InChI=1S/C11H20O2S/c1-5-6-7-8-14-11(3,4)9(2)10(12)13/h5,9H,1,6-8H2,2-4H3,(H,12,13)/t9-/m1/s1. The number of allylic oxidation sites excluding steroid dienone is 1. The fourth-order valence-corrected chi connectivity index (χ4v) is 2.17. The van der Waals surface area contributed by atoms with E-state index in [0.717, 1.165) is 18.6 Å². The molecule has 2 nitrogen and oxygen atoms in total. The highest BCUT2D eigenvalue weighted by Crippen LogP contribution is 2.33. The van der Waals surface area contributed by atoms with Gasteiger partial charge in [0.2, 0.25) is 0 Å². The number of thioether (sulfide) groups is 1. The van der Waals surface area contributed by atoms with Crippen LogP contribution in [-0.4, -0.2) is 21.6 Å². The molecule has 0 saturated carbocycles. The van der Waals surface area contributed by atoms with E-state index in [1.807, 2.05) is 19.9 Å². The van der Waals surface area contributed by atoms with Gasteiger partial charge < -0.3 is 5.11 Å². The Morgan fingerprint density at radius 3 is 2.64 bits per heavy atom. The molecule has 0 aliphatic heterocycles. The molecule has 0 heterocycles. The number of rotatable bonds is 7. The van der Waals surface area contributed by atoms with Gasteiger partial charge in [-0.1, -0.05) is 13.0 Å². The van der Waals surface area contributed by atoms with Gasteiger partial charge in [-0.15, -0.1) is 6.58 Å². The Morgan fingerprint density at radius 2 is 2.21 bits per heavy atom. The van der Waals surface area contributed by atoms with E-state index in [1.165, 1.54) is 0 Å². The van der Waals surface area contributed by atoms with Gasteiger partial charge in [-0.3, -0.25) is 4.79 Å². The summed E-state index contributed by atoms with van der Waals surface area (Å²) in [5.74, 6) is -0.0288. The molecule has 0 rings (SSSR count). The van der Waals surface area contributed by atoms with Crippen LogP contribution in [-0.2, 0) is 4.79 Å². The first-order chi connectivity index (χ1) is 6.41. The third kappa shape index (κ3) is 4.70. The predicted octanol–water partition coefficient (Wildman–Crippen LogP) is 3.19. The summed E-state index contributed by atoms with van der Waals surface area (Å²) in [5, 5.41) is 8.89. The van der Waals surface area contributed by atoms with E-state index in [0.29, 0.717) is 0 Å². The van der Waals surface area contributed by atoms with Crippen molar-refractivity contribution in [1.82, 2.24) is 0 Å². The number of aliphatic carboxylic acids is 1. The number of carboxylic acids is 1. The van der Waals surface area contributed by atoms with Crippen LogP contribution in [0.3, 0.4) is 0 Å². The molecule has 1 atom stereocenters. The maximum absolute atomic E-state index is 10.8. The highest BCUT2D eigenvalue weighted by Gasteiger charge is 2.31. The molecule has 0 radical (unpaired) electrons. The molecule has 0 fully saturated rings. The Bertz CT molecular complexity index is 199. The molecule has 0 saturated heterocycles. The second-order valence-corrected chi connectivity index (χ2v) is 5.69. The van der Waals surface area contributed by atoms with Crippen LogP contribution in [0.2, 0.25) is 0 Å². The quantitative estimate of drug-likeness (QED) is 0.524. The summed E-state index contributed by atoms with van der Waals surface area (Å²) in [6.07, 6.45) is 3.97. The number of carbonyl (C=O) groups is 1. The van der Waals surface area contributed by atoms with Crippen LogP contribution < -0.4 is 0 Å². The minimum absolute atomic E-state index is 0.187.